The van der Waals surface area contributed by atoms with Gasteiger partial charge in [-0.15, -0.1) is 12.4 Å². The predicted octanol–water partition coefficient (Wildman–Crippen LogP) is 5.53. The van der Waals surface area contributed by atoms with E-state index in [4.69, 9.17) is 24.4 Å². The van der Waals surface area contributed by atoms with E-state index in [2.05, 4.69) is 35.5 Å². The van der Waals surface area contributed by atoms with E-state index in [1.54, 1.807) is 7.11 Å². The van der Waals surface area contributed by atoms with Gasteiger partial charge in [0.1, 0.15) is 11.3 Å². The van der Waals surface area contributed by atoms with E-state index in [-0.39, 0.29) is 18.5 Å². The van der Waals surface area contributed by atoms with Crippen LogP contribution < -0.4 is 15.0 Å². The molecule has 0 atom stereocenters. The number of halogens is 1. The molecule has 3 aromatic rings. The van der Waals surface area contributed by atoms with Crippen molar-refractivity contribution in [1.82, 2.24) is 19.5 Å². The minimum atomic E-state index is 0. The van der Waals surface area contributed by atoms with Crippen molar-refractivity contribution in [1.29, 1.82) is 0 Å². The van der Waals surface area contributed by atoms with Crippen LogP contribution in [0.25, 0.3) is 11.2 Å². The summed E-state index contributed by atoms with van der Waals surface area (Å²) in [6.45, 7) is 4.96. The number of nitrogens with zero attached hydrogens (tertiary/aromatic N) is 4. The van der Waals surface area contributed by atoms with E-state index in [1.807, 2.05) is 12.4 Å². The summed E-state index contributed by atoms with van der Waals surface area (Å²) in [6.07, 6.45) is 11.7. The van der Waals surface area contributed by atoms with Crippen LogP contribution in [-0.2, 0) is 6.54 Å². The van der Waals surface area contributed by atoms with Crippen molar-refractivity contribution in [3.63, 3.8) is 0 Å². The van der Waals surface area contributed by atoms with Crippen LogP contribution in [0.2, 0.25) is 0 Å². The molecule has 0 radical (unpaired) electrons. The zero-order chi connectivity index (χ0) is 22.8. The first kappa shape index (κ1) is 24.6. The van der Waals surface area contributed by atoms with E-state index in [9.17, 15) is 0 Å². The van der Waals surface area contributed by atoms with Crippen molar-refractivity contribution in [2.24, 2.45) is 4.99 Å². The molecule has 0 bridgehead atoms. The highest BCUT2D eigenvalue weighted by molar-refractivity contribution is 5.85. The van der Waals surface area contributed by atoms with Gasteiger partial charge in [-0.2, -0.15) is 0 Å². The van der Waals surface area contributed by atoms with Gasteiger partial charge in [0.15, 0.2) is 22.6 Å². The molecule has 2 aliphatic carbocycles. The molecule has 1 N–H and O–H groups in total. The lowest BCUT2D eigenvalue weighted by Gasteiger charge is -2.17. The van der Waals surface area contributed by atoms with Crippen LogP contribution in [0, 0.1) is 0 Å². The molecule has 0 amide bonds. The monoisotopic (exact) mass is 485 g/mol. The van der Waals surface area contributed by atoms with Crippen molar-refractivity contribution in [3.05, 3.63) is 41.4 Å². The second-order valence-corrected chi connectivity index (χ2v) is 9.75. The fraction of sp³-hybridized carbons (Fsp3) is 0.577. The molecule has 2 aliphatic rings. The third kappa shape index (κ3) is 5.24. The van der Waals surface area contributed by atoms with E-state index < -0.39 is 0 Å². The first-order valence-corrected chi connectivity index (χ1v) is 12.4. The minimum Gasteiger partial charge on any atom is -0.493 e. The molecular formula is C26H36ClN5O2. The summed E-state index contributed by atoms with van der Waals surface area (Å²) < 4.78 is 14.0. The standard InChI is InChI=1S/C26H35N5O2.ClH/c1-17(2)24-29-23-25(28-19-8-4-5-9-19)27-16-31(26(23)30-24)15-18-12-13-21(32-3)22(14-18)33-20-10-6-7-11-20;/h12-14,16-17,19-20H,4-11,15H2,1-3H3,(H,29,30);1H. The van der Waals surface area contributed by atoms with Crippen LogP contribution in [0.15, 0.2) is 29.5 Å². The lowest BCUT2D eigenvalue weighted by Crippen LogP contribution is -2.17. The number of H-pyrrole nitrogens is 1. The van der Waals surface area contributed by atoms with Gasteiger partial charge in [-0.25, -0.2) is 9.97 Å². The van der Waals surface area contributed by atoms with Gasteiger partial charge in [-0.1, -0.05) is 32.8 Å². The van der Waals surface area contributed by atoms with Gasteiger partial charge in [-0.3, -0.25) is 4.99 Å². The zero-order valence-corrected chi connectivity index (χ0v) is 21.2. The van der Waals surface area contributed by atoms with Gasteiger partial charge >= 0.3 is 0 Å². The number of hydrogen-bond acceptors (Lipinski definition) is 5. The molecule has 1 aromatic carbocycles. The maximum Gasteiger partial charge on any atom is 0.176 e. The van der Waals surface area contributed by atoms with Crippen LogP contribution in [0.1, 0.15) is 82.5 Å². The molecule has 2 aromatic heterocycles. The summed E-state index contributed by atoms with van der Waals surface area (Å²) >= 11 is 0. The Labute approximate surface area is 207 Å². The number of hydrogen-bond donors (Lipinski definition) is 1. The quantitative estimate of drug-likeness (QED) is 0.477. The molecule has 184 valence electrons. The van der Waals surface area contributed by atoms with E-state index >= 15 is 0 Å². The van der Waals surface area contributed by atoms with Crippen molar-refractivity contribution in [2.45, 2.75) is 89.8 Å². The highest BCUT2D eigenvalue weighted by Crippen LogP contribution is 2.33. The normalized spacial score (nSPS) is 17.6. The number of ether oxygens (including phenoxy) is 2. The number of nitrogens with one attached hydrogen (secondary N) is 1. The SMILES string of the molecule is COc1ccc(Cn2cnc(=NC3CCCC3)c3[nH]c(C(C)C)nc32)cc1OC1CCCC1.Cl. The third-order valence-electron chi connectivity index (χ3n) is 6.87. The molecular weight excluding hydrogens is 450 g/mol. The molecule has 0 unspecified atom stereocenters. The maximum absolute atomic E-state index is 6.31. The second-order valence-electron chi connectivity index (χ2n) is 9.75. The van der Waals surface area contributed by atoms with Gasteiger partial charge in [0.25, 0.3) is 0 Å². The van der Waals surface area contributed by atoms with E-state index in [0.29, 0.717) is 18.5 Å². The lowest BCUT2D eigenvalue weighted by atomic mass is 10.2. The van der Waals surface area contributed by atoms with Crippen molar-refractivity contribution in [3.8, 4) is 11.5 Å². The van der Waals surface area contributed by atoms with Crippen molar-refractivity contribution in [2.75, 3.05) is 7.11 Å². The number of aromatic nitrogens is 4. The van der Waals surface area contributed by atoms with Crippen molar-refractivity contribution < 1.29 is 9.47 Å². The maximum atomic E-state index is 6.31. The van der Waals surface area contributed by atoms with Gasteiger partial charge < -0.3 is 19.0 Å². The summed E-state index contributed by atoms with van der Waals surface area (Å²) in [6, 6.07) is 6.56. The highest BCUT2D eigenvalue weighted by atomic mass is 35.5. The predicted molar refractivity (Wildman–Crippen MR) is 136 cm³/mol. The van der Waals surface area contributed by atoms with Gasteiger partial charge in [0, 0.05) is 5.92 Å². The first-order chi connectivity index (χ1) is 16.1. The number of imidazole rings is 1. The molecule has 0 aliphatic heterocycles. The summed E-state index contributed by atoms with van der Waals surface area (Å²) in [4.78, 5) is 18.2. The number of aromatic amines is 1. The number of benzene rings is 1. The molecule has 34 heavy (non-hydrogen) atoms. The first-order valence-electron chi connectivity index (χ1n) is 12.4. The molecule has 7 nitrogen and oxygen atoms in total. The Hall–Kier alpha value is -2.54. The molecule has 0 saturated heterocycles. The Balaban J connectivity index is 0.00000274. The molecule has 8 heteroatoms. The number of fused-ring (bicyclic) bond motifs is 1. The highest BCUT2D eigenvalue weighted by Gasteiger charge is 2.20. The van der Waals surface area contributed by atoms with Gasteiger partial charge in [0.05, 0.1) is 32.1 Å². The zero-order valence-electron chi connectivity index (χ0n) is 20.4. The minimum absolute atomic E-state index is 0. The molecule has 5 rings (SSSR count). The summed E-state index contributed by atoms with van der Waals surface area (Å²) in [5.74, 6) is 2.88. The molecule has 2 heterocycles. The number of rotatable bonds is 7. The van der Waals surface area contributed by atoms with Gasteiger partial charge in [-0.05, 0) is 56.2 Å². The molecule has 2 fully saturated rings. The molecule has 0 spiro atoms. The fourth-order valence-electron chi connectivity index (χ4n) is 4.98. The van der Waals surface area contributed by atoms with Crippen LogP contribution in [0.3, 0.4) is 0 Å². The Morgan fingerprint density at radius 2 is 1.82 bits per heavy atom. The lowest BCUT2D eigenvalue weighted by molar-refractivity contribution is 0.200. The van der Waals surface area contributed by atoms with Crippen LogP contribution in [0.4, 0.5) is 0 Å². The Kier molecular flexibility index (Phi) is 7.81. The summed E-state index contributed by atoms with van der Waals surface area (Å²) in [5.41, 5.74) is 3.75. The molecule has 2 saturated carbocycles. The van der Waals surface area contributed by atoms with Crippen molar-refractivity contribution >= 4 is 23.6 Å². The average Bonchev–Trinajstić information content (AvgIpc) is 3.58. The topological polar surface area (TPSA) is 77.3 Å². The second kappa shape index (κ2) is 10.8. The van der Waals surface area contributed by atoms with Crippen LogP contribution in [-0.4, -0.2) is 38.8 Å². The van der Waals surface area contributed by atoms with Crippen LogP contribution >= 0.6 is 12.4 Å². The third-order valence-corrected chi connectivity index (χ3v) is 6.87. The summed E-state index contributed by atoms with van der Waals surface area (Å²) in [7, 11) is 1.70. The fourth-order valence-corrected chi connectivity index (χ4v) is 4.98. The van der Waals surface area contributed by atoms with E-state index in [1.165, 1.54) is 25.7 Å². The van der Waals surface area contributed by atoms with E-state index in [0.717, 1.165) is 65.2 Å². The number of methoxy groups -OCH3 is 1. The van der Waals surface area contributed by atoms with Crippen LogP contribution in [0.5, 0.6) is 11.5 Å². The summed E-state index contributed by atoms with van der Waals surface area (Å²) in [5, 5.41) is 0. The Bertz CT molecular complexity index is 1170. The Morgan fingerprint density at radius 1 is 1.09 bits per heavy atom. The largest absolute Gasteiger partial charge is 0.493 e. The Morgan fingerprint density at radius 3 is 2.53 bits per heavy atom. The van der Waals surface area contributed by atoms with Gasteiger partial charge in [0.2, 0.25) is 0 Å². The average molecular weight is 486 g/mol. The smallest absolute Gasteiger partial charge is 0.176 e.